The standard InChI is InChI=1S/C23H22N2O3S/c26-21-16-29-23(25(21)13-12-17-5-2-1-3-6-17)19-10-8-18(9-11-19)22(27)24-15-20-7-4-14-28-20/h1-11,14,23H,12-13,15-16H2,(H,24,27). The highest BCUT2D eigenvalue weighted by Gasteiger charge is 2.32. The molecule has 1 atom stereocenters. The van der Waals surface area contributed by atoms with Crippen molar-refractivity contribution in [3.05, 3.63) is 95.4 Å². The van der Waals surface area contributed by atoms with E-state index in [9.17, 15) is 9.59 Å². The number of hydrogen-bond acceptors (Lipinski definition) is 4. The fraction of sp³-hybridized carbons (Fsp3) is 0.217. The topological polar surface area (TPSA) is 62.6 Å². The molecule has 3 aromatic rings. The lowest BCUT2D eigenvalue weighted by Gasteiger charge is -2.24. The van der Waals surface area contributed by atoms with E-state index in [1.54, 1.807) is 24.1 Å². The second-order valence-electron chi connectivity index (χ2n) is 6.87. The summed E-state index contributed by atoms with van der Waals surface area (Å²) in [4.78, 5) is 26.6. The summed E-state index contributed by atoms with van der Waals surface area (Å²) in [5.74, 6) is 1.22. The average molecular weight is 407 g/mol. The summed E-state index contributed by atoms with van der Waals surface area (Å²) in [6.07, 6.45) is 2.41. The number of amides is 2. The molecule has 2 amide bonds. The van der Waals surface area contributed by atoms with Gasteiger partial charge in [-0.25, -0.2) is 0 Å². The zero-order chi connectivity index (χ0) is 20.1. The summed E-state index contributed by atoms with van der Waals surface area (Å²) in [7, 11) is 0. The molecular weight excluding hydrogens is 384 g/mol. The smallest absolute Gasteiger partial charge is 0.251 e. The Hall–Kier alpha value is -2.99. The number of furan rings is 1. The Labute approximate surface area is 174 Å². The molecule has 0 saturated carbocycles. The quantitative estimate of drug-likeness (QED) is 0.644. The molecule has 1 fully saturated rings. The van der Waals surface area contributed by atoms with Crippen molar-refractivity contribution in [3.63, 3.8) is 0 Å². The third kappa shape index (κ3) is 4.71. The molecule has 148 valence electrons. The number of nitrogens with one attached hydrogen (secondary N) is 1. The van der Waals surface area contributed by atoms with Crippen LogP contribution >= 0.6 is 11.8 Å². The predicted molar refractivity (Wildman–Crippen MR) is 113 cm³/mol. The van der Waals surface area contributed by atoms with Crippen LogP contribution in [0.5, 0.6) is 0 Å². The molecule has 1 aliphatic rings. The van der Waals surface area contributed by atoms with Crippen LogP contribution in [-0.2, 0) is 17.8 Å². The van der Waals surface area contributed by atoms with E-state index < -0.39 is 0 Å². The van der Waals surface area contributed by atoms with Gasteiger partial charge >= 0.3 is 0 Å². The molecule has 1 saturated heterocycles. The third-order valence-corrected chi connectivity index (χ3v) is 6.17. The fourth-order valence-corrected chi connectivity index (χ4v) is 4.57. The molecule has 1 aliphatic heterocycles. The van der Waals surface area contributed by atoms with Gasteiger partial charge in [0.05, 0.1) is 18.6 Å². The van der Waals surface area contributed by atoms with Gasteiger partial charge in [-0.05, 0) is 41.8 Å². The molecule has 2 aromatic carbocycles. The third-order valence-electron chi connectivity index (χ3n) is 4.91. The van der Waals surface area contributed by atoms with E-state index in [2.05, 4.69) is 17.4 Å². The van der Waals surface area contributed by atoms with Crippen molar-refractivity contribution in [2.45, 2.75) is 18.3 Å². The number of benzene rings is 2. The van der Waals surface area contributed by atoms with E-state index >= 15 is 0 Å². The monoisotopic (exact) mass is 406 g/mol. The van der Waals surface area contributed by atoms with Gasteiger partial charge in [-0.3, -0.25) is 9.59 Å². The maximum absolute atomic E-state index is 12.4. The van der Waals surface area contributed by atoms with Crippen molar-refractivity contribution in [2.75, 3.05) is 12.3 Å². The van der Waals surface area contributed by atoms with Crippen LogP contribution in [0.4, 0.5) is 0 Å². The molecule has 6 heteroatoms. The van der Waals surface area contributed by atoms with Gasteiger partial charge in [0.15, 0.2) is 0 Å². The van der Waals surface area contributed by atoms with E-state index in [4.69, 9.17) is 4.42 Å². The van der Waals surface area contributed by atoms with Crippen LogP contribution in [-0.4, -0.2) is 29.0 Å². The first-order chi connectivity index (χ1) is 14.2. The summed E-state index contributed by atoms with van der Waals surface area (Å²) in [5, 5.41) is 2.83. The first kappa shape index (κ1) is 19.3. The van der Waals surface area contributed by atoms with E-state index in [0.717, 1.165) is 12.0 Å². The zero-order valence-corrected chi connectivity index (χ0v) is 16.7. The first-order valence-electron chi connectivity index (χ1n) is 9.56. The summed E-state index contributed by atoms with van der Waals surface area (Å²) >= 11 is 1.63. The highest BCUT2D eigenvalue weighted by molar-refractivity contribution is 8.00. The summed E-state index contributed by atoms with van der Waals surface area (Å²) < 4.78 is 5.23. The fourth-order valence-electron chi connectivity index (χ4n) is 3.35. The lowest BCUT2D eigenvalue weighted by atomic mass is 10.1. The largest absolute Gasteiger partial charge is 0.467 e. The van der Waals surface area contributed by atoms with Crippen LogP contribution in [0.2, 0.25) is 0 Å². The maximum atomic E-state index is 12.4. The Morgan fingerprint density at radius 1 is 1.07 bits per heavy atom. The molecule has 0 aliphatic carbocycles. The average Bonchev–Trinajstić information content (AvgIpc) is 3.41. The van der Waals surface area contributed by atoms with Crippen molar-refractivity contribution < 1.29 is 14.0 Å². The van der Waals surface area contributed by atoms with Crippen molar-refractivity contribution >= 4 is 23.6 Å². The number of carbonyl (C=O) groups excluding carboxylic acids is 2. The van der Waals surface area contributed by atoms with Gasteiger partial charge in [-0.15, -0.1) is 11.8 Å². The second kappa shape index (κ2) is 9.01. The van der Waals surface area contributed by atoms with E-state index in [-0.39, 0.29) is 17.2 Å². The molecule has 4 rings (SSSR count). The SMILES string of the molecule is O=C(NCc1ccco1)c1ccc(C2SCC(=O)N2CCc2ccccc2)cc1. The minimum atomic E-state index is -0.149. The molecule has 2 heterocycles. The Kier molecular flexibility index (Phi) is 6.00. The van der Waals surface area contributed by atoms with E-state index in [1.165, 1.54) is 5.56 Å². The van der Waals surface area contributed by atoms with Crippen molar-refractivity contribution in [1.82, 2.24) is 10.2 Å². The number of nitrogens with zero attached hydrogens (tertiary/aromatic N) is 1. The van der Waals surface area contributed by atoms with Gasteiger partial charge in [0.1, 0.15) is 11.1 Å². The zero-order valence-electron chi connectivity index (χ0n) is 15.9. The molecule has 1 unspecified atom stereocenters. The number of thioether (sulfide) groups is 1. The highest BCUT2D eigenvalue weighted by atomic mass is 32.2. The van der Waals surface area contributed by atoms with E-state index in [0.29, 0.717) is 30.2 Å². The minimum absolute atomic E-state index is 0.00792. The first-order valence-corrected chi connectivity index (χ1v) is 10.6. The number of carbonyl (C=O) groups is 2. The van der Waals surface area contributed by atoms with Gasteiger partial charge in [-0.1, -0.05) is 42.5 Å². The summed E-state index contributed by atoms with van der Waals surface area (Å²) in [5.41, 5.74) is 2.85. The van der Waals surface area contributed by atoms with Crippen LogP contribution in [0.15, 0.2) is 77.4 Å². The van der Waals surface area contributed by atoms with Crippen molar-refractivity contribution in [3.8, 4) is 0 Å². The van der Waals surface area contributed by atoms with Gasteiger partial charge in [0, 0.05) is 12.1 Å². The molecule has 5 nitrogen and oxygen atoms in total. The number of rotatable bonds is 7. The van der Waals surface area contributed by atoms with Gasteiger partial charge in [-0.2, -0.15) is 0 Å². The Morgan fingerprint density at radius 2 is 1.86 bits per heavy atom. The Balaban J connectivity index is 1.39. The normalized spacial score (nSPS) is 16.2. The van der Waals surface area contributed by atoms with Crippen LogP contribution in [0.3, 0.4) is 0 Å². The van der Waals surface area contributed by atoms with Crippen LogP contribution in [0.1, 0.15) is 32.6 Å². The number of hydrogen-bond donors (Lipinski definition) is 1. The second-order valence-corrected chi connectivity index (χ2v) is 7.94. The minimum Gasteiger partial charge on any atom is -0.467 e. The van der Waals surface area contributed by atoms with Crippen molar-refractivity contribution in [1.29, 1.82) is 0 Å². The van der Waals surface area contributed by atoms with Gasteiger partial charge in [0.2, 0.25) is 5.91 Å². The molecule has 29 heavy (non-hydrogen) atoms. The summed E-state index contributed by atoms with van der Waals surface area (Å²) in [6, 6.07) is 21.3. The molecular formula is C23H22N2O3S. The Morgan fingerprint density at radius 3 is 2.59 bits per heavy atom. The Bertz CT molecular complexity index is 956. The van der Waals surface area contributed by atoms with Crippen molar-refractivity contribution in [2.24, 2.45) is 0 Å². The molecule has 0 spiro atoms. The van der Waals surface area contributed by atoms with Crippen LogP contribution < -0.4 is 5.32 Å². The highest BCUT2D eigenvalue weighted by Crippen LogP contribution is 2.38. The molecule has 1 N–H and O–H groups in total. The molecule has 1 aromatic heterocycles. The molecule has 0 radical (unpaired) electrons. The van der Waals surface area contributed by atoms with Crippen LogP contribution in [0.25, 0.3) is 0 Å². The molecule has 0 bridgehead atoms. The van der Waals surface area contributed by atoms with Crippen LogP contribution in [0, 0.1) is 0 Å². The lowest BCUT2D eigenvalue weighted by molar-refractivity contribution is -0.128. The van der Waals surface area contributed by atoms with E-state index in [1.807, 2.05) is 53.4 Å². The lowest BCUT2D eigenvalue weighted by Crippen LogP contribution is -2.30. The summed E-state index contributed by atoms with van der Waals surface area (Å²) in [6.45, 7) is 1.04. The predicted octanol–water partition coefficient (Wildman–Crippen LogP) is 4.03. The van der Waals surface area contributed by atoms with Gasteiger partial charge in [0.25, 0.3) is 5.91 Å². The van der Waals surface area contributed by atoms with Gasteiger partial charge < -0.3 is 14.6 Å². The maximum Gasteiger partial charge on any atom is 0.251 e.